The van der Waals surface area contributed by atoms with Crippen molar-refractivity contribution in [3.05, 3.63) is 81.9 Å². The van der Waals surface area contributed by atoms with Crippen LogP contribution in [-0.4, -0.2) is 3.71 Å². The summed E-state index contributed by atoms with van der Waals surface area (Å²) in [5.74, 6) is 2.42. The van der Waals surface area contributed by atoms with Gasteiger partial charge in [0.1, 0.15) is 0 Å². The first kappa shape index (κ1) is 31.5. The third-order valence-corrected chi connectivity index (χ3v) is 7.91. The first-order chi connectivity index (χ1) is 17.2. The van der Waals surface area contributed by atoms with Crippen molar-refractivity contribution in [2.75, 3.05) is 0 Å². The van der Waals surface area contributed by atoms with Crippen molar-refractivity contribution in [1.82, 2.24) is 0 Å². The summed E-state index contributed by atoms with van der Waals surface area (Å²) in [5, 5.41) is 5.70. The van der Waals surface area contributed by atoms with E-state index in [2.05, 4.69) is 118 Å². The molecule has 0 radical (unpaired) electrons. The molecule has 0 aliphatic rings. The van der Waals surface area contributed by atoms with Gasteiger partial charge in [-0.15, -0.1) is 56.9 Å². The topological polar surface area (TPSA) is 0 Å². The second-order valence-corrected chi connectivity index (χ2v) is 14.3. The predicted molar refractivity (Wildman–Crippen MR) is 159 cm³/mol. The summed E-state index contributed by atoms with van der Waals surface area (Å²) in [5.41, 5.74) is 8.66. The number of aryl methyl sites for hydroxylation is 2. The fourth-order valence-electron chi connectivity index (χ4n) is 4.67. The average Bonchev–Trinajstić information content (AvgIpc) is 3.38. The number of hydrogen-bond acceptors (Lipinski definition) is 0. The largest absolute Gasteiger partial charge is 0.165 e. The maximum Gasteiger partial charge on any atom is -0.0306 e. The molecule has 0 amide bonds. The van der Waals surface area contributed by atoms with Crippen molar-refractivity contribution >= 4 is 25.3 Å². The Kier molecular flexibility index (Phi) is 11.8. The summed E-state index contributed by atoms with van der Waals surface area (Å²) in [6.07, 6.45) is 0. The summed E-state index contributed by atoms with van der Waals surface area (Å²) >= 11 is -3.70. The van der Waals surface area contributed by atoms with Crippen LogP contribution in [-0.2, 0) is 22.5 Å². The number of halogens is 2. The van der Waals surface area contributed by atoms with Crippen LogP contribution in [0.5, 0.6) is 0 Å². The molecule has 0 saturated heterocycles. The van der Waals surface area contributed by atoms with Gasteiger partial charge in [0.15, 0.2) is 0 Å². The summed E-state index contributed by atoms with van der Waals surface area (Å²) in [7, 11) is 0. The van der Waals surface area contributed by atoms with E-state index in [4.69, 9.17) is 0 Å². The number of fused-ring (bicyclic) bond motifs is 2. The van der Waals surface area contributed by atoms with Crippen LogP contribution in [0.2, 0.25) is 0 Å². The summed E-state index contributed by atoms with van der Waals surface area (Å²) in [6.45, 7) is 23.9. The van der Waals surface area contributed by atoms with Crippen LogP contribution in [0.3, 0.4) is 0 Å². The van der Waals surface area contributed by atoms with Gasteiger partial charge >= 0.3 is 38.4 Å². The first-order valence-corrected chi connectivity index (χ1v) is 16.9. The van der Waals surface area contributed by atoms with Gasteiger partial charge in [-0.1, -0.05) is 104 Å². The Morgan fingerprint density at radius 2 is 0.919 bits per heavy atom. The zero-order valence-corrected chi connectivity index (χ0v) is 27.2. The minimum atomic E-state index is -3.70. The first-order valence-electron chi connectivity index (χ1n) is 13.6. The third-order valence-electron chi connectivity index (χ3n) is 6.84. The predicted octanol–water partition coefficient (Wildman–Crippen LogP) is 11.4. The molecule has 0 saturated carbocycles. The molecule has 3 heteroatoms. The van der Waals surface area contributed by atoms with Gasteiger partial charge in [-0.2, -0.15) is 12.1 Å². The summed E-state index contributed by atoms with van der Waals surface area (Å²) < 4.78 is 22.8. The van der Waals surface area contributed by atoms with Gasteiger partial charge in [-0.25, -0.2) is 0 Å². The SMILES string of the molecule is C[CH]=[Zr]([F])[F].Cc1cc2c(C(C)C)cc(C(C)C)cc2[cH-]1.Cc1cc2c(C(C)C)cc(C(C)C)cc2[cH-]1. The normalized spacial score (nSPS) is 11.3. The van der Waals surface area contributed by atoms with Gasteiger partial charge < -0.3 is 0 Å². The van der Waals surface area contributed by atoms with E-state index in [1.807, 2.05) is 0 Å². The van der Waals surface area contributed by atoms with Crippen LogP contribution in [0.25, 0.3) is 21.5 Å². The van der Waals surface area contributed by atoms with Crippen molar-refractivity contribution in [1.29, 1.82) is 0 Å². The Morgan fingerprint density at radius 3 is 1.16 bits per heavy atom. The van der Waals surface area contributed by atoms with E-state index in [0.717, 1.165) is 3.71 Å². The molecule has 0 aliphatic heterocycles. The van der Waals surface area contributed by atoms with Gasteiger partial charge in [0.25, 0.3) is 0 Å². The van der Waals surface area contributed by atoms with Gasteiger partial charge in [0, 0.05) is 0 Å². The molecule has 4 aromatic carbocycles. The maximum absolute atomic E-state index is 10.9. The molecule has 0 heterocycles. The average molecular weight is 584 g/mol. The molecule has 0 fully saturated rings. The Balaban J connectivity index is 0.000000221. The van der Waals surface area contributed by atoms with Crippen LogP contribution >= 0.6 is 0 Å². The minimum Gasteiger partial charge on any atom is -0.165 e. The Labute approximate surface area is 233 Å². The molecule has 202 valence electrons. The second kappa shape index (κ2) is 13.9. The molecule has 0 aliphatic carbocycles. The van der Waals surface area contributed by atoms with Crippen molar-refractivity contribution in [2.24, 2.45) is 0 Å². The van der Waals surface area contributed by atoms with Crippen LogP contribution in [0, 0.1) is 13.8 Å². The van der Waals surface area contributed by atoms with E-state index >= 15 is 0 Å². The maximum atomic E-state index is 10.9. The molecule has 0 N–H and O–H groups in total. The zero-order chi connectivity index (χ0) is 28.0. The van der Waals surface area contributed by atoms with Gasteiger partial charge in [-0.05, 0) is 23.7 Å². The van der Waals surface area contributed by atoms with Crippen molar-refractivity contribution in [2.45, 2.75) is 99.8 Å². The van der Waals surface area contributed by atoms with E-state index in [0.29, 0.717) is 23.7 Å². The smallest absolute Gasteiger partial charge is 0.0306 e. The van der Waals surface area contributed by atoms with Gasteiger partial charge in [0.2, 0.25) is 0 Å². The molecule has 0 aromatic heterocycles. The summed E-state index contributed by atoms with van der Waals surface area (Å²) in [6, 6.07) is 18.7. The number of rotatable bonds is 4. The second-order valence-electron chi connectivity index (χ2n) is 11.5. The zero-order valence-electron chi connectivity index (χ0n) is 24.8. The Bertz CT molecular complexity index is 1230. The minimum absolute atomic E-state index is 0.600. The molecule has 4 aromatic rings. The molecular weight excluding hydrogens is 538 g/mol. The van der Waals surface area contributed by atoms with Crippen LogP contribution < -0.4 is 0 Å². The molecule has 37 heavy (non-hydrogen) atoms. The van der Waals surface area contributed by atoms with E-state index in [1.165, 1.54) is 61.8 Å². The van der Waals surface area contributed by atoms with Crippen LogP contribution in [0.1, 0.15) is 119 Å². The Morgan fingerprint density at radius 1 is 0.595 bits per heavy atom. The fraction of sp³-hybridized carbons (Fsp3) is 0.441. The molecule has 0 nitrogen and oxygen atoms in total. The molecule has 0 bridgehead atoms. The molecule has 0 atom stereocenters. The van der Waals surface area contributed by atoms with Crippen molar-refractivity contribution in [3.8, 4) is 0 Å². The molecule has 4 rings (SSSR count). The van der Waals surface area contributed by atoms with E-state index < -0.39 is 22.5 Å². The van der Waals surface area contributed by atoms with E-state index in [9.17, 15) is 5.25 Å². The monoisotopic (exact) mass is 582 g/mol. The third kappa shape index (κ3) is 8.64. The molecular formula is C34H46F2Zr-2. The van der Waals surface area contributed by atoms with Crippen molar-refractivity contribution in [3.63, 3.8) is 0 Å². The van der Waals surface area contributed by atoms with Crippen LogP contribution in [0.15, 0.2) is 48.5 Å². The van der Waals surface area contributed by atoms with Gasteiger partial charge in [0.05, 0.1) is 0 Å². The van der Waals surface area contributed by atoms with E-state index in [1.54, 1.807) is 0 Å². The summed E-state index contributed by atoms with van der Waals surface area (Å²) in [4.78, 5) is 0. The quantitative estimate of drug-likeness (QED) is 0.210. The Hall–Kier alpha value is -1.73. The standard InChI is InChI=1S/2C16H21.C2H4.2FH.Zr/c2*1-10(2)13-8-14-6-12(5)7-16(14)15(9-13)11(3)4;1-2;;;/h2*6-11H,1-5H3;1H,2H3;2*1H;/q2*-1;;;;+2/p-2. The van der Waals surface area contributed by atoms with Crippen LogP contribution in [0.4, 0.5) is 5.25 Å². The number of benzene rings is 2. The van der Waals surface area contributed by atoms with Crippen molar-refractivity contribution < 1.29 is 27.7 Å². The fourth-order valence-corrected chi connectivity index (χ4v) is 4.67. The van der Waals surface area contributed by atoms with Gasteiger partial charge in [-0.3, -0.25) is 0 Å². The molecule has 0 unspecified atom stereocenters. The molecule has 0 spiro atoms. The van der Waals surface area contributed by atoms with E-state index in [-0.39, 0.29) is 0 Å². The number of hydrogen-bond donors (Lipinski definition) is 0.